The first-order chi connectivity index (χ1) is 33.7. The second-order valence-electron chi connectivity index (χ2n) is 15.1. The van der Waals surface area contributed by atoms with Crippen LogP contribution in [0, 0.1) is 11.3 Å². The maximum absolute atomic E-state index is 12.3. The zero-order chi connectivity index (χ0) is 50.6. The zero-order valence-electron chi connectivity index (χ0n) is 41.2. The molecule has 24 nitrogen and oxygen atoms in total. The summed E-state index contributed by atoms with van der Waals surface area (Å²) in [7, 11) is -1.70. The molecule has 0 radical (unpaired) electrons. The Labute approximate surface area is 412 Å². The maximum atomic E-state index is 12.3. The van der Waals surface area contributed by atoms with Gasteiger partial charge in [-0.3, -0.25) is 0 Å². The Morgan fingerprint density at radius 2 is 0.899 bits per heavy atom. The molecule has 0 saturated carbocycles. The first kappa shape index (κ1) is 68.0. The van der Waals surface area contributed by atoms with E-state index in [0.717, 1.165) is 0 Å². The van der Waals surface area contributed by atoms with Crippen molar-refractivity contribution >= 4 is 23.4 Å². The molecule has 3 atom stereocenters. The van der Waals surface area contributed by atoms with Crippen molar-refractivity contribution in [1.82, 2.24) is 0 Å². The average molecular weight is 1050 g/mol. The highest BCUT2D eigenvalue weighted by Gasteiger charge is 2.21. The number of ether oxygens (including phenoxy) is 14. The quantitative estimate of drug-likeness (QED) is 0.0372. The number of rotatable bonds is 56. The number of nitriles is 1. The van der Waals surface area contributed by atoms with E-state index in [4.69, 9.17) is 110 Å². The molecule has 0 saturated heterocycles. The van der Waals surface area contributed by atoms with E-state index in [1.807, 2.05) is 0 Å². The van der Waals surface area contributed by atoms with Crippen molar-refractivity contribution in [3.05, 3.63) is 0 Å². The number of aliphatic hydroxyl groups is 4. The summed E-state index contributed by atoms with van der Waals surface area (Å²) in [4.78, 5) is 12.3. The fourth-order valence-corrected chi connectivity index (χ4v) is 6.79. The van der Waals surface area contributed by atoms with Gasteiger partial charge in [-0.05, 0) is 27.2 Å². The van der Waals surface area contributed by atoms with Gasteiger partial charge in [0, 0.05) is 12.6 Å². The van der Waals surface area contributed by atoms with Crippen molar-refractivity contribution in [3.63, 3.8) is 0 Å². The molecule has 4 N–H and O–H groups in total. The highest BCUT2D eigenvalue weighted by atomic mass is 31.2. The van der Waals surface area contributed by atoms with E-state index < -0.39 is 38.3 Å². The van der Waals surface area contributed by atoms with E-state index in [9.17, 15) is 4.79 Å². The van der Waals surface area contributed by atoms with Gasteiger partial charge in [0.25, 0.3) is 0 Å². The Bertz CT molecular complexity index is 1090. The molecule has 0 spiro atoms. The maximum Gasteiger partial charge on any atom is 0.332 e. The van der Waals surface area contributed by atoms with Crippen molar-refractivity contribution in [2.75, 3.05) is 211 Å². The number of hydrogen-bond donors (Lipinski definition) is 4. The Kier molecular flexibility index (Phi) is 52.5. The smallest absolute Gasteiger partial charge is 0.332 e. The number of carbonyl (C=O) groups is 1. The van der Waals surface area contributed by atoms with E-state index >= 15 is 0 Å². The van der Waals surface area contributed by atoms with E-state index in [1.54, 1.807) is 20.8 Å². The van der Waals surface area contributed by atoms with Crippen LogP contribution in [0.5, 0.6) is 0 Å². The fraction of sp³-hybridized carbons (Fsp3) is 0.953. The predicted octanol–water partition coefficient (Wildman–Crippen LogP) is 0.809. The molecule has 0 heterocycles. The summed E-state index contributed by atoms with van der Waals surface area (Å²) < 4.78 is 101. The standard InChI is InChI=1S/C43H85NO23P2/c1-43(2,3)65-42(49)38-62-39(32-56-25-19-54-27-29-63-68-66-40(34-58-21-15-50-11-7-45)35-59-22-16-51-12-8-46)33-57-26-20-55-28-30-64-69(31-5-4-6-44)67-41(36-60-23-17-52-13-9-47)37-61-24-18-53-14-10-48/h39-41,45-48,68H,4-5,7-38H2,1-3H3. The van der Waals surface area contributed by atoms with Gasteiger partial charge >= 0.3 is 5.97 Å². The number of carbonyl (C=O) groups excluding carboxylic acids is 1. The predicted molar refractivity (Wildman–Crippen MR) is 250 cm³/mol. The monoisotopic (exact) mass is 1050 g/mol. The van der Waals surface area contributed by atoms with Crippen molar-refractivity contribution in [2.24, 2.45) is 0 Å². The van der Waals surface area contributed by atoms with Crippen LogP contribution in [0.1, 0.15) is 33.6 Å². The van der Waals surface area contributed by atoms with Crippen LogP contribution in [0.3, 0.4) is 0 Å². The van der Waals surface area contributed by atoms with E-state index in [2.05, 4.69) is 6.07 Å². The Balaban J connectivity index is 4.74. The van der Waals surface area contributed by atoms with Crippen LogP contribution in [0.2, 0.25) is 0 Å². The minimum absolute atomic E-state index is 0.0588. The molecule has 26 heteroatoms. The van der Waals surface area contributed by atoms with Gasteiger partial charge in [0.05, 0.1) is 204 Å². The third kappa shape index (κ3) is 51.7. The van der Waals surface area contributed by atoms with Crippen molar-refractivity contribution in [2.45, 2.75) is 57.5 Å². The fourth-order valence-electron chi connectivity index (χ4n) is 4.84. The second-order valence-corrected chi connectivity index (χ2v) is 17.4. The lowest BCUT2D eigenvalue weighted by Gasteiger charge is -2.24. The Morgan fingerprint density at radius 1 is 0.522 bits per heavy atom. The highest BCUT2D eigenvalue weighted by molar-refractivity contribution is 7.47. The van der Waals surface area contributed by atoms with E-state index in [0.29, 0.717) is 78.5 Å². The molecular weight excluding hydrogens is 960 g/mol. The van der Waals surface area contributed by atoms with E-state index in [1.165, 1.54) is 0 Å². The van der Waals surface area contributed by atoms with Gasteiger partial charge < -0.3 is 105 Å². The van der Waals surface area contributed by atoms with E-state index in [-0.39, 0.29) is 154 Å². The summed E-state index contributed by atoms with van der Waals surface area (Å²) in [6, 6.07) is 2.14. The summed E-state index contributed by atoms with van der Waals surface area (Å²) >= 11 is 0. The molecule has 410 valence electrons. The molecule has 0 rings (SSSR count). The number of aliphatic hydroxyl groups excluding tert-OH is 4. The molecule has 3 unspecified atom stereocenters. The normalized spacial score (nSPS) is 13.0. The van der Waals surface area contributed by atoms with Gasteiger partial charge in [0.15, 0.2) is 17.4 Å². The molecule has 0 amide bonds. The average Bonchev–Trinajstić information content (AvgIpc) is 3.32. The van der Waals surface area contributed by atoms with Crippen LogP contribution in [-0.4, -0.2) is 261 Å². The van der Waals surface area contributed by atoms with Gasteiger partial charge in [-0.1, -0.05) is 0 Å². The Hall–Kier alpha value is -1.02. The second kappa shape index (κ2) is 53.3. The van der Waals surface area contributed by atoms with Gasteiger partial charge in [-0.15, -0.1) is 0 Å². The van der Waals surface area contributed by atoms with Gasteiger partial charge in [0.2, 0.25) is 0 Å². The third-order valence-corrected chi connectivity index (χ3v) is 10.3. The van der Waals surface area contributed by atoms with Crippen LogP contribution in [-0.2, 0) is 89.2 Å². The number of hydrogen-bond acceptors (Lipinski definition) is 24. The minimum Gasteiger partial charge on any atom is -0.458 e. The highest BCUT2D eigenvalue weighted by Crippen LogP contribution is 2.40. The van der Waals surface area contributed by atoms with Crippen LogP contribution in [0.25, 0.3) is 0 Å². The minimum atomic E-state index is -1.41. The molecule has 0 aromatic heterocycles. The summed E-state index contributed by atoms with van der Waals surface area (Å²) in [5, 5.41) is 44.5. The van der Waals surface area contributed by atoms with Crippen molar-refractivity contribution < 1.29 is 110 Å². The van der Waals surface area contributed by atoms with Gasteiger partial charge in [-0.25, -0.2) is 4.79 Å². The van der Waals surface area contributed by atoms with Crippen LogP contribution in [0.15, 0.2) is 0 Å². The first-order valence-electron chi connectivity index (χ1n) is 23.3. The summed E-state index contributed by atoms with van der Waals surface area (Å²) in [5.74, 6) is -0.515. The van der Waals surface area contributed by atoms with Gasteiger partial charge in [-0.2, -0.15) is 5.26 Å². The molecular formula is C43H85NO23P2. The van der Waals surface area contributed by atoms with Crippen LogP contribution < -0.4 is 0 Å². The topological polar surface area (TPSA) is 288 Å². The molecule has 0 aliphatic rings. The number of unbranched alkanes of at least 4 members (excludes halogenated alkanes) is 1. The summed E-state index contributed by atoms with van der Waals surface area (Å²) in [6.07, 6.45) is 0.00899. The summed E-state index contributed by atoms with van der Waals surface area (Å²) in [5.41, 5.74) is -0.668. The lowest BCUT2D eigenvalue weighted by atomic mass is 10.2. The SMILES string of the molecule is CC(C)(C)OC(=O)COC(COCCOCCOPOC(COCCOCCO)COCCOCCO)COCCOCCOP(CCCC#N)OC(COCCOCCO)COCCOCCO. The molecule has 69 heavy (non-hydrogen) atoms. The van der Waals surface area contributed by atoms with Crippen molar-refractivity contribution in [3.8, 4) is 6.07 Å². The molecule has 0 aliphatic carbocycles. The van der Waals surface area contributed by atoms with Crippen molar-refractivity contribution in [1.29, 1.82) is 5.26 Å². The Morgan fingerprint density at radius 3 is 1.32 bits per heavy atom. The lowest BCUT2D eigenvalue weighted by molar-refractivity contribution is -0.165. The van der Waals surface area contributed by atoms with Gasteiger partial charge in [0.1, 0.15) is 30.5 Å². The zero-order valence-corrected chi connectivity index (χ0v) is 43.1. The number of esters is 1. The molecule has 0 bridgehead atoms. The largest absolute Gasteiger partial charge is 0.458 e. The number of nitrogens with zero attached hydrogens (tertiary/aromatic N) is 1. The molecule has 0 fully saturated rings. The molecule has 0 aromatic carbocycles. The molecule has 0 aromatic rings. The van der Waals surface area contributed by atoms with Crippen LogP contribution in [0.4, 0.5) is 0 Å². The third-order valence-electron chi connectivity index (χ3n) is 7.82. The van der Waals surface area contributed by atoms with Crippen LogP contribution >= 0.6 is 17.4 Å². The lowest BCUT2D eigenvalue weighted by Crippen LogP contribution is -2.32. The summed E-state index contributed by atoms with van der Waals surface area (Å²) in [6.45, 7) is 11.5. The first-order valence-corrected chi connectivity index (χ1v) is 25.5. The molecule has 0 aliphatic heterocycles.